The van der Waals surface area contributed by atoms with Gasteiger partial charge in [0.15, 0.2) is 11.5 Å². The summed E-state index contributed by atoms with van der Waals surface area (Å²) in [5, 5.41) is 18.6. The van der Waals surface area contributed by atoms with Gasteiger partial charge in [0.25, 0.3) is 5.91 Å². The molecule has 3 N–H and O–H groups in total. The number of nitrogens with one attached hydrogen (secondary N) is 2. The van der Waals surface area contributed by atoms with Crippen molar-refractivity contribution in [2.24, 2.45) is 0 Å². The first kappa shape index (κ1) is 14.7. The normalized spacial score (nSPS) is 14.2. The highest BCUT2D eigenvalue weighted by molar-refractivity contribution is 5.92. The number of rotatable bonds is 7. The maximum Gasteiger partial charge on any atom is 0.273 e. The van der Waals surface area contributed by atoms with Gasteiger partial charge in [-0.3, -0.25) is 4.79 Å². The summed E-state index contributed by atoms with van der Waals surface area (Å²) in [6.07, 6.45) is 0.905. The Kier molecular flexibility index (Phi) is 5.30. The molecular weight excluding hydrogens is 234 g/mol. The van der Waals surface area contributed by atoms with Crippen LogP contribution in [0.2, 0.25) is 0 Å². The van der Waals surface area contributed by atoms with Gasteiger partial charge in [-0.2, -0.15) is 0 Å². The number of nitrogens with zero attached hydrogens (tertiary/aromatic N) is 1. The van der Waals surface area contributed by atoms with Crippen molar-refractivity contribution in [3.05, 3.63) is 17.5 Å². The number of carbonyl (C=O) groups excluding carboxylic acids is 1. The van der Waals surface area contributed by atoms with E-state index in [1.807, 2.05) is 6.92 Å². The Hall–Kier alpha value is -1.40. The molecule has 0 radical (unpaired) electrons. The van der Waals surface area contributed by atoms with E-state index >= 15 is 0 Å². The Bertz CT molecular complexity index is 392. The first-order valence-electron chi connectivity index (χ1n) is 6.14. The lowest BCUT2D eigenvalue weighted by Crippen LogP contribution is -2.50. The molecule has 1 aromatic rings. The fourth-order valence-electron chi connectivity index (χ4n) is 1.60. The Labute approximate surface area is 107 Å². The van der Waals surface area contributed by atoms with Crippen molar-refractivity contribution in [1.29, 1.82) is 0 Å². The number of carbonyl (C=O) groups is 1. The predicted molar refractivity (Wildman–Crippen MR) is 67.1 cm³/mol. The van der Waals surface area contributed by atoms with Crippen molar-refractivity contribution in [2.75, 3.05) is 13.1 Å². The average molecular weight is 255 g/mol. The number of amides is 1. The zero-order valence-corrected chi connectivity index (χ0v) is 11.1. The predicted octanol–water partition coefficient (Wildman–Crippen LogP) is 0.675. The van der Waals surface area contributed by atoms with E-state index in [0.717, 1.165) is 13.0 Å². The third-order valence-corrected chi connectivity index (χ3v) is 2.97. The molecule has 0 spiro atoms. The summed E-state index contributed by atoms with van der Waals surface area (Å²) in [7, 11) is 0. The minimum absolute atomic E-state index is 0.131. The highest BCUT2D eigenvalue weighted by atomic mass is 16.5. The average Bonchev–Trinajstić information content (AvgIpc) is 2.85. The van der Waals surface area contributed by atoms with Crippen LogP contribution in [0.25, 0.3) is 0 Å². The van der Waals surface area contributed by atoms with Gasteiger partial charge in [0.05, 0.1) is 0 Å². The summed E-state index contributed by atoms with van der Waals surface area (Å²) in [6.45, 7) is 7.25. The summed E-state index contributed by atoms with van der Waals surface area (Å²) < 4.78 is 4.76. The molecule has 1 atom stereocenters. The van der Waals surface area contributed by atoms with Gasteiger partial charge in [0.1, 0.15) is 6.61 Å². The van der Waals surface area contributed by atoms with Crippen molar-refractivity contribution in [2.45, 2.75) is 39.3 Å². The van der Waals surface area contributed by atoms with Gasteiger partial charge >= 0.3 is 0 Å². The third kappa shape index (κ3) is 3.82. The zero-order chi connectivity index (χ0) is 13.6. The molecule has 1 aromatic heterocycles. The lowest BCUT2D eigenvalue weighted by atomic mass is 9.99. The quantitative estimate of drug-likeness (QED) is 0.666. The second kappa shape index (κ2) is 6.51. The van der Waals surface area contributed by atoms with Gasteiger partial charge in [0.2, 0.25) is 0 Å². The second-order valence-corrected chi connectivity index (χ2v) is 4.46. The summed E-state index contributed by atoms with van der Waals surface area (Å²) in [5.74, 6) is -0.0129. The smallest absolute Gasteiger partial charge is 0.273 e. The Morgan fingerprint density at radius 2 is 2.28 bits per heavy atom. The summed E-state index contributed by atoms with van der Waals surface area (Å²) in [6, 6.07) is 1.44. The van der Waals surface area contributed by atoms with Crippen LogP contribution >= 0.6 is 0 Å². The highest BCUT2D eigenvalue weighted by Gasteiger charge is 2.22. The molecule has 6 heteroatoms. The van der Waals surface area contributed by atoms with Crippen LogP contribution in [-0.2, 0) is 6.61 Å². The van der Waals surface area contributed by atoms with Crippen LogP contribution in [0.3, 0.4) is 0 Å². The Morgan fingerprint density at radius 1 is 1.56 bits per heavy atom. The molecular formula is C12H21N3O3. The van der Waals surface area contributed by atoms with E-state index in [-0.39, 0.29) is 29.5 Å². The van der Waals surface area contributed by atoms with Crippen LogP contribution < -0.4 is 10.6 Å². The molecule has 0 saturated carbocycles. The van der Waals surface area contributed by atoms with Crippen molar-refractivity contribution < 1.29 is 14.4 Å². The minimum atomic E-state index is -0.295. The second-order valence-electron chi connectivity index (χ2n) is 4.46. The summed E-state index contributed by atoms with van der Waals surface area (Å²) in [4.78, 5) is 11.8. The molecule has 0 bridgehead atoms. The molecule has 1 unspecified atom stereocenters. The molecule has 1 amide bonds. The first-order chi connectivity index (χ1) is 8.54. The molecule has 0 fully saturated rings. The molecule has 1 rings (SSSR count). The molecule has 6 nitrogen and oxygen atoms in total. The number of aliphatic hydroxyl groups is 1. The monoisotopic (exact) mass is 255 g/mol. The number of likely N-dealkylation sites (N-methyl/N-ethyl adjacent to an activating group) is 1. The molecule has 18 heavy (non-hydrogen) atoms. The van der Waals surface area contributed by atoms with Gasteiger partial charge in [-0.1, -0.05) is 19.0 Å². The fourth-order valence-corrected chi connectivity index (χ4v) is 1.60. The molecule has 0 aromatic carbocycles. The van der Waals surface area contributed by atoms with E-state index in [0.29, 0.717) is 6.54 Å². The van der Waals surface area contributed by atoms with Crippen molar-refractivity contribution in [3.63, 3.8) is 0 Å². The number of hydrogen-bond acceptors (Lipinski definition) is 5. The molecule has 0 aliphatic heterocycles. The van der Waals surface area contributed by atoms with Crippen LogP contribution in [-0.4, -0.2) is 34.8 Å². The van der Waals surface area contributed by atoms with Gasteiger partial charge < -0.3 is 20.3 Å². The third-order valence-electron chi connectivity index (χ3n) is 2.97. The van der Waals surface area contributed by atoms with Crippen LogP contribution in [0.1, 0.15) is 43.4 Å². The van der Waals surface area contributed by atoms with Crippen LogP contribution in [0.5, 0.6) is 0 Å². The Morgan fingerprint density at radius 3 is 2.78 bits per heavy atom. The zero-order valence-electron chi connectivity index (χ0n) is 11.1. The van der Waals surface area contributed by atoms with Crippen molar-refractivity contribution in [3.8, 4) is 0 Å². The van der Waals surface area contributed by atoms with Crippen LogP contribution in [0.4, 0.5) is 0 Å². The maximum atomic E-state index is 11.8. The molecule has 0 aliphatic carbocycles. The molecule has 102 valence electrons. The summed E-state index contributed by atoms with van der Waals surface area (Å²) >= 11 is 0. The van der Waals surface area contributed by atoms with Gasteiger partial charge in [0, 0.05) is 18.2 Å². The largest absolute Gasteiger partial charge is 0.388 e. The topological polar surface area (TPSA) is 87.4 Å². The first-order valence-corrected chi connectivity index (χ1v) is 6.14. The van der Waals surface area contributed by atoms with Crippen LogP contribution in [0, 0.1) is 0 Å². The van der Waals surface area contributed by atoms with Gasteiger partial charge in [-0.05, 0) is 19.9 Å². The number of aliphatic hydroxyl groups excluding tert-OH is 1. The fraction of sp³-hybridized carbons (Fsp3) is 0.667. The standard InChI is InChI=1S/C12H21N3O3/c1-4-12(3,14-5-2)8-13-11(17)10-6-9(7-16)18-15-10/h6,14,16H,4-5,7-8H2,1-3H3,(H,13,17). The van der Waals surface area contributed by atoms with E-state index in [9.17, 15) is 4.79 Å². The van der Waals surface area contributed by atoms with Crippen LogP contribution in [0.15, 0.2) is 10.6 Å². The minimum Gasteiger partial charge on any atom is -0.388 e. The van der Waals surface area contributed by atoms with Gasteiger partial charge in [-0.25, -0.2) is 0 Å². The van der Waals surface area contributed by atoms with Crippen molar-refractivity contribution in [1.82, 2.24) is 15.8 Å². The summed E-state index contributed by atoms with van der Waals surface area (Å²) in [5.41, 5.74) is 0.0579. The van der Waals surface area contributed by atoms with E-state index in [1.54, 1.807) is 0 Å². The molecule has 0 aliphatic rings. The SMILES string of the molecule is CCNC(C)(CC)CNC(=O)c1cc(CO)on1. The lowest BCUT2D eigenvalue weighted by molar-refractivity contribution is 0.0930. The number of hydrogen-bond donors (Lipinski definition) is 3. The number of aromatic nitrogens is 1. The van der Waals surface area contributed by atoms with Gasteiger partial charge in [-0.15, -0.1) is 0 Å². The molecule has 0 saturated heterocycles. The van der Waals surface area contributed by atoms with E-state index in [4.69, 9.17) is 9.63 Å². The van der Waals surface area contributed by atoms with E-state index in [2.05, 4.69) is 29.6 Å². The highest BCUT2D eigenvalue weighted by Crippen LogP contribution is 2.08. The van der Waals surface area contributed by atoms with E-state index in [1.165, 1.54) is 6.07 Å². The Balaban J connectivity index is 2.54. The molecule has 1 heterocycles. The maximum absolute atomic E-state index is 11.8. The van der Waals surface area contributed by atoms with Crippen molar-refractivity contribution >= 4 is 5.91 Å². The lowest BCUT2D eigenvalue weighted by Gasteiger charge is -2.29. The van der Waals surface area contributed by atoms with E-state index < -0.39 is 0 Å².